The molecule has 0 bridgehead atoms. The van der Waals surface area contributed by atoms with E-state index in [0.717, 1.165) is 12.5 Å². The van der Waals surface area contributed by atoms with Crippen molar-refractivity contribution in [2.45, 2.75) is 17.8 Å². The zero-order valence-electron chi connectivity index (χ0n) is 10.9. The number of hydrogen-bond donors (Lipinski definition) is 1. The SMILES string of the molecule is O=C(O)CSC1CCN(c2ccc(Cl)c(C(F)(F)F)c2)C1. The second kappa shape index (κ2) is 6.36. The van der Waals surface area contributed by atoms with E-state index in [1.54, 1.807) is 6.07 Å². The monoisotopic (exact) mass is 339 g/mol. The Morgan fingerprint density at radius 2 is 2.19 bits per heavy atom. The highest BCUT2D eigenvalue weighted by Crippen LogP contribution is 2.38. The normalized spacial score (nSPS) is 19.0. The van der Waals surface area contributed by atoms with Crippen LogP contribution in [0.25, 0.3) is 0 Å². The maximum Gasteiger partial charge on any atom is 0.417 e. The molecule has 1 aliphatic heterocycles. The van der Waals surface area contributed by atoms with Crippen LogP contribution in [0.4, 0.5) is 18.9 Å². The Labute approximate surface area is 129 Å². The summed E-state index contributed by atoms with van der Waals surface area (Å²) in [4.78, 5) is 12.4. The van der Waals surface area contributed by atoms with Gasteiger partial charge >= 0.3 is 12.1 Å². The first-order valence-corrected chi connectivity index (χ1v) is 7.65. The molecule has 3 nitrogen and oxygen atoms in total. The Bertz CT molecular complexity index is 539. The average Bonchev–Trinajstić information content (AvgIpc) is 2.84. The van der Waals surface area contributed by atoms with E-state index in [1.807, 2.05) is 4.90 Å². The zero-order valence-corrected chi connectivity index (χ0v) is 12.4. The van der Waals surface area contributed by atoms with Crippen molar-refractivity contribution in [2.24, 2.45) is 0 Å². The lowest BCUT2D eigenvalue weighted by Gasteiger charge is -2.20. The van der Waals surface area contributed by atoms with E-state index in [0.29, 0.717) is 18.8 Å². The molecule has 1 fully saturated rings. The number of benzene rings is 1. The lowest BCUT2D eigenvalue weighted by Crippen LogP contribution is -2.21. The Hall–Kier alpha value is -1.08. The van der Waals surface area contributed by atoms with Gasteiger partial charge in [0.2, 0.25) is 0 Å². The van der Waals surface area contributed by atoms with Crippen molar-refractivity contribution in [3.05, 3.63) is 28.8 Å². The molecule has 2 rings (SSSR count). The maximum absolute atomic E-state index is 12.8. The fraction of sp³-hybridized carbons (Fsp3) is 0.462. The number of carboxylic acids is 1. The van der Waals surface area contributed by atoms with Crippen LogP contribution in [0.2, 0.25) is 5.02 Å². The lowest BCUT2D eigenvalue weighted by molar-refractivity contribution is -0.137. The predicted octanol–water partition coefficient (Wildman–Crippen LogP) is 3.76. The van der Waals surface area contributed by atoms with Gasteiger partial charge < -0.3 is 10.0 Å². The Balaban J connectivity index is 2.08. The van der Waals surface area contributed by atoms with Crippen LogP contribution in [0.5, 0.6) is 0 Å². The molecule has 21 heavy (non-hydrogen) atoms. The summed E-state index contributed by atoms with van der Waals surface area (Å²) in [5, 5.41) is 8.44. The summed E-state index contributed by atoms with van der Waals surface area (Å²) in [6.07, 6.45) is -3.73. The van der Waals surface area contributed by atoms with E-state index in [-0.39, 0.29) is 16.0 Å². The first-order chi connectivity index (χ1) is 9.77. The molecular weight excluding hydrogens is 327 g/mol. The third kappa shape index (κ3) is 4.20. The van der Waals surface area contributed by atoms with Gasteiger partial charge in [0.05, 0.1) is 16.3 Å². The maximum atomic E-state index is 12.8. The highest BCUT2D eigenvalue weighted by Gasteiger charge is 2.34. The molecule has 1 saturated heterocycles. The number of halogens is 4. The number of rotatable bonds is 4. The van der Waals surface area contributed by atoms with Crippen molar-refractivity contribution in [1.29, 1.82) is 0 Å². The van der Waals surface area contributed by atoms with Gasteiger partial charge in [-0.2, -0.15) is 13.2 Å². The summed E-state index contributed by atoms with van der Waals surface area (Å²) >= 11 is 6.91. The van der Waals surface area contributed by atoms with Crippen LogP contribution < -0.4 is 4.90 Å². The van der Waals surface area contributed by atoms with E-state index in [1.165, 1.54) is 17.8 Å². The van der Waals surface area contributed by atoms with Gasteiger partial charge in [0, 0.05) is 24.0 Å². The summed E-state index contributed by atoms with van der Waals surface area (Å²) in [6.45, 7) is 1.15. The molecule has 1 heterocycles. The van der Waals surface area contributed by atoms with Gasteiger partial charge in [0.15, 0.2) is 0 Å². The number of anilines is 1. The van der Waals surface area contributed by atoms with Crippen molar-refractivity contribution in [1.82, 2.24) is 0 Å². The topological polar surface area (TPSA) is 40.5 Å². The highest BCUT2D eigenvalue weighted by atomic mass is 35.5. The quantitative estimate of drug-likeness (QED) is 0.907. The minimum Gasteiger partial charge on any atom is -0.481 e. The molecule has 8 heteroatoms. The first kappa shape index (κ1) is 16.3. The van der Waals surface area contributed by atoms with Crippen LogP contribution in [-0.2, 0) is 11.0 Å². The molecule has 0 aromatic heterocycles. The van der Waals surface area contributed by atoms with Crippen molar-refractivity contribution in [3.8, 4) is 0 Å². The minimum absolute atomic E-state index is 0.00687. The van der Waals surface area contributed by atoms with Crippen molar-refractivity contribution in [3.63, 3.8) is 0 Å². The number of carboxylic acid groups (broad SMARTS) is 1. The molecule has 0 saturated carbocycles. The molecule has 1 aromatic rings. The number of nitrogens with zero attached hydrogens (tertiary/aromatic N) is 1. The molecule has 1 aliphatic rings. The highest BCUT2D eigenvalue weighted by molar-refractivity contribution is 8.00. The van der Waals surface area contributed by atoms with Gasteiger partial charge in [-0.15, -0.1) is 11.8 Å². The standard InChI is InChI=1S/C13H13ClF3NO2S/c14-11-2-1-8(5-10(11)13(15,16)17)18-4-3-9(6-18)21-7-12(19)20/h1-2,5,9H,3-4,6-7H2,(H,19,20). The van der Waals surface area contributed by atoms with Crippen molar-refractivity contribution < 1.29 is 23.1 Å². The second-order valence-corrected chi connectivity index (χ2v) is 6.42. The molecule has 1 atom stereocenters. The Morgan fingerprint density at radius 3 is 2.81 bits per heavy atom. The molecule has 0 radical (unpaired) electrons. The summed E-state index contributed by atoms with van der Waals surface area (Å²) in [5.41, 5.74) is -0.381. The molecule has 1 aromatic carbocycles. The van der Waals surface area contributed by atoms with E-state index >= 15 is 0 Å². The third-order valence-electron chi connectivity index (χ3n) is 3.21. The number of hydrogen-bond acceptors (Lipinski definition) is 3. The van der Waals surface area contributed by atoms with Gasteiger partial charge in [-0.3, -0.25) is 4.79 Å². The van der Waals surface area contributed by atoms with Gasteiger partial charge in [-0.25, -0.2) is 0 Å². The van der Waals surface area contributed by atoms with Crippen LogP contribution in [0.1, 0.15) is 12.0 Å². The van der Waals surface area contributed by atoms with E-state index in [4.69, 9.17) is 16.7 Å². The van der Waals surface area contributed by atoms with Crippen molar-refractivity contribution >= 4 is 35.0 Å². The van der Waals surface area contributed by atoms with Gasteiger partial charge in [0.1, 0.15) is 0 Å². The largest absolute Gasteiger partial charge is 0.481 e. The van der Waals surface area contributed by atoms with Crippen LogP contribution in [0, 0.1) is 0 Å². The summed E-state index contributed by atoms with van der Waals surface area (Å²) in [5.74, 6) is -0.878. The summed E-state index contributed by atoms with van der Waals surface area (Å²) in [6, 6.07) is 3.85. The fourth-order valence-electron chi connectivity index (χ4n) is 2.22. The minimum atomic E-state index is -4.48. The smallest absolute Gasteiger partial charge is 0.417 e. The number of carbonyl (C=O) groups is 1. The van der Waals surface area contributed by atoms with E-state index in [9.17, 15) is 18.0 Å². The lowest BCUT2D eigenvalue weighted by atomic mass is 10.2. The number of thioether (sulfide) groups is 1. The van der Waals surface area contributed by atoms with Crippen LogP contribution in [0.15, 0.2) is 18.2 Å². The number of alkyl halides is 3. The van der Waals surface area contributed by atoms with E-state index < -0.39 is 17.7 Å². The van der Waals surface area contributed by atoms with Crippen LogP contribution in [-0.4, -0.2) is 35.2 Å². The molecular formula is C13H13ClF3NO2S. The van der Waals surface area contributed by atoms with Gasteiger partial charge in [-0.1, -0.05) is 11.6 Å². The molecule has 0 spiro atoms. The summed E-state index contributed by atoms with van der Waals surface area (Å²) < 4.78 is 38.5. The average molecular weight is 340 g/mol. The predicted molar refractivity (Wildman–Crippen MR) is 77.2 cm³/mol. The van der Waals surface area contributed by atoms with Crippen LogP contribution >= 0.6 is 23.4 Å². The molecule has 116 valence electrons. The zero-order chi connectivity index (χ0) is 15.6. The first-order valence-electron chi connectivity index (χ1n) is 6.22. The third-order valence-corrected chi connectivity index (χ3v) is 4.81. The summed E-state index contributed by atoms with van der Waals surface area (Å²) in [7, 11) is 0. The molecule has 0 amide bonds. The molecule has 1 unspecified atom stereocenters. The number of aliphatic carboxylic acids is 1. The Kier molecular flexibility index (Phi) is 4.93. The molecule has 0 aliphatic carbocycles. The van der Waals surface area contributed by atoms with Gasteiger partial charge in [0.25, 0.3) is 0 Å². The van der Waals surface area contributed by atoms with E-state index in [2.05, 4.69) is 0 Å². The van der Waals surface area contributed by atoms with Crippen molar-refractivity contribution in [2.75, 3.05) is 23.7 Å². The molecule has 1 N–H and O–H groups in total. The van der Waals surface area contributed by atoms with Crippen LogP contribution in [0.3, 0.4) is 0 Å². The van der Waals surface area contributed by atoms with Gasteiger partial charge in [-0.05, 0) is 24.6 Å². The fourth-order valence-corrected chi connectivity index (χ4v) is 3.38. The Morgan fingerprint density at radius 1 is 1.48 bits per heavy atom. The second-order valence-electron chi connectivity index (χ2n) is 4.72.